The number of thiocarbonyl (C=S) groups is 1. The van der Waals surface area contributed by atoms with Crippen LogP contribution >= 0.6 is 12.2 Å². The van der Waals surface area contributed by atoms with Gasteiger partial charge in [0, 0.05) is 6.54 Å². The van der Waals surface area contributed by atoms with Crippen LogP contribution in [0.25, 0.3) is 0 Å². The maximum absolute atomic E-state index is 5.25. The van der Waals surface area contributed by atoms with E-state index in [1.54, 1.807) is 0 Å². The Kier molecular flexibility index (Phi) is 5.58. The summed E-state index contributed by atoms with van der Waals surface area (Å²) in [4.78, 5) is 0. The van der Waals surface area contributed by atoms with Crippen LogP contribution in [0.15, 0.2) is 48.5 Å². The third-order valence-electron chi connectivity index (χ3n) is 3.08. The van der Waals surface area contributed by atoms with Gasteiger partial charge in [0.2, 0.25) is 0 Å². The van der Waals surface area contributed by atoms with Crippen molar-refractivity contribution in [3.05, 3.63) is 65.2 Å². The molecule has 3 N–H and O–H groups in total. The largest absolute Gasteiger partial charge is 0.361 e. The van der Waals surface area contributed by atoms with Gasteiger partial charge < -0.3 is 5.32 Å². The van der Waals surface area contributed by atoms with Crippen LogP contribution in [-0.2, 0) is 6.42 Å². The molecule has 0 aliphatic rings. The Morgan fingerprint density at radius 1 is 1.00 bits per heavy atom. The quantitative estimate of drug-likeness (QED) is 0.584. The second-order valence-corrected chi connectivity index (χ2v) is 5.53. The highest BCUT2D eigenvalue weighted by Crippen LogP contribution is 2.12. The van der Waals surface area contributed by atoms with Crippen LogP contribution in [-0.4, -0.2) is 11.7 Å². The van der Waals surface area contributed by atoms with Crippen molar-refractivity contribution in [1.82, 2.24) is 10.7 Å². The standard InChI is InChI=1S/C17H21N3S/c1-13-10-14(2)12-16(11-13)19-20-17(21)18-9-8-15-6-4-3-5-7-15/h3-7,10-12,19H,8-9H2,1-2H3,(H2,18,20,21). The van der Waals surface area contributed by atoms with Crippen LogP contribution in [0, 0.1) is 13.8 Å². The first kappa shape index (κ1) is 15.3. The van der Waals surface area contributed by atoms with E-state index in [9.17, 15) is 0 Å². The Morgan fingerprint density at radius 3 is 2.33 bits per heavy atom. The lowest BCUT2D eigenvalue weighted by Gasteiger charge is -2.13. The van der Waals surface area contributed by atoms with Crippen molar-refractivity contribution in [2.24, 2.45) is 0 Å². The molecule has 0 fully saturated rings. The van der Waals surface area contributed by atoms with E-state index in [2.05, 4.69) is 60.3 Å². The number of benzene rings is 2. The smallest absolute Gasteiger partial charge is 0.185 e. The highest BCUT2D eigenvalue weighted by atomic mass is 32.1. The lowest BCUT2D eigenvalue weighted by atomic mass is 10.1. The molecule has 0 unspecified atom stereocenters. The third-order valence-corrected chi connectivity index (χ3v) is 3.33. The van der Waals surface area contributed by atoms with Gasteiger partial charge in [0.25, 0.3) is 0 Å². The molecule has 2 aromatic rings. The number of aryl methyl sites for hydroxylation is 2. The van der Waals surface area contributed by atoms with Gasteiger partial charge >= 0.3 is 0 Å². The maximum Gasteiger partial charge on any atom is 0.185 e. The molecule has 0 radical (unpaired) electrons. The van der Waals surface area contributed by atoms with E-state index in [0.29, 0.717) is 5.11 Å². The van der Waals surface area contributed by atoms with Crippen LogP contribution in [0.2, 0.25) is 0 Å². The lowest BCUT2D eigenvalue weighted by molar-refractivity contribution is 0.848. The van der Waals surface area contributed by atoms with Gasteiger partial charge in [-0.25, -0.2) is 0 Å². The molecule has 0 aliphatic carbocycles. The first-order chi connectivity index (χ1) is 10.1. The fourth-order valence-electron chi connectivity index (χ4n) is 2.19. The molecule has 0 aromatic heterocycles. The second kappa shape index (κ2) is 7.64. The van der Waals surface area contributed by atoms with Crippen molar-refractivity contribution >= 4 is 23.0 Å². The lowest BCUT2D eigenvalue weighted by Crippen LogP contribution is -2.39. The average Bonchev–Trinajstić information content (AvgIpc) is 2.45. The van der Waals surface area contributed by atoms with Crippen molar-refractivity contribution in [2.45, 2.75) is 20.3 Å². The van der Waals surface area contributed by atoms with Gasteiger partial charge in [-0.3, -0.25) is 10.9 Å². The van der Waals surface area contributed by atoms with Crippen LogP contribution in [0.5, 0.6) is 0 Å². The van der Waals surface area contributed by atoms with E-state index < -0.39 is 0 Å². The predicted molar refractivity (Wildman–Crippen MR) is 93.4 cm³/mol. The van der Waals surface area contributed by atoms with Crippen LogP contribution in [0.3, 0.4) is 0 Å². The Labute approximate surface area is 131 Å². The van der Waals surface area contributed by atoms with Crippen LogP contribution < -0.4 is 16.2 Å². The average molecular weight is 299 g/mol. The van der Waals surface area contributed by atoms with Crippen LogP contribution in [0.1, 0.15) is 16.7 Å². The molecule has 0 aliphatic heterocycles. The Balaban J connectivity index is 1.72. The zero-order valence-corrected chi connectivity index (χ0v) is 13.3. The minimum atomic E-state index is 0.602. The minimum Gasteiger partial charge on any atom is -0.361 e. The van der Waals surface area contributed by atoms with Gasteiger partial charge in [0.1, 0.15) is 0 Å². The van der Waals surface area contributed by atoms with Gasteiger partial charge in [0.05, 0.1) is 5.69 Å². The first-order valence-electron chi connectivity index (χ1n) is 7.05. The normalized spacial score (nSPS) is 10.0. The summed E-state index contributed by atoms with van der Waals surface area (Å²) >= 11 is 5.25. The molecule has 0 bridgehead atoms. The minimum absolute atomic E-state index is 0.602. The van der Waals surface area contributed by atoms with E-state index in [1.165, 1.54) is 16.7 Å². The van der Waals surface area contributed by atoms with E-state index in [4.69, 9.17) is 12.2 Å². The Bertz CT molecular complexity index is 576. The first-order valence-corrected chi connectivity index (χ1v) is 7.46. The number of nitrogens with one attached hydrogen (secondary N) is 3. The van der Waals surface area contributed by atoms with Crippen molar-refractivity contribution in [3.8, 4) is 0 Å². The fourth-order valence-corrected chi connectivity index (χ4v) is 2.34. The zero-order chi connectivity index (χ0) is 15.1. The topological polar surface area (TPSA) is 36.1 Å². The molecular formula is C17H21N3S. The molecule has 21 heavy (non-hydrogen) atoms. The molecule has 110 valence electrons. The molecule has 0 atom stereocenters. The van der Waals surface area contributed by atoms with Crippen molar-refractivity contribution in [1.29, 1.82) is 0 Å². The summed E-state index contributed by atoms with van der Waals surface area (Å²) in [5.41, 5.74) is 10.9. The highest BCUT2D eigenvalue weighted by Gasteiger charge is 1.98. The Hall–Kier alpha value is -2.07. The molecule has 4 heteroatoms. The molecule has 0 spiro atoms. The number of rotatable bonds is 5. The monoisotopic (exact) mass is 299 g/mol. The van der Waals surface area contributed by atoms with Crippen molar-refractivity contribution < 1.29 is 0 Å². The van der Waals surface area contributed by atoms with Gasteiger partial charge in [0.15, 0.2) is 5.11 Å². The molecule has 0 saturated heterocycles. The molecule has 2 aromatic carbocycles. The fraction of sp³-hybridized carbons (Fsp3) is 0.235. The van der Waals surface area contributed by atoms with E-state index in [-0.39, 0.29) is 0 Å². The number of hydrazine groups is 1. The second-order valence-electron chi connectivity index (χ2n) is 5.12. The number of hydrogen-bond acceptors (Lipinski definition) is 2. The molecule has 3 nitrogen and oxygen atoms in total. The van der Waals surface area contributed by atoms with Crippen molar-refractivity contribution in [3.63, 3.8) is 0 Å². The molecule has 2 rings (SSSR count). The maximum atomic E-state index is 5.25. The molecule has 0 amide bonds. The summed E-state index contributed by atoms with van der Waals surface area (Å²) in [6, 6.07) is 16.6. The molecule has 0 heterocycles. The predicted octanol–water partition coefficient (Wildman–Crippen LogP) is 3.34. The third kappa shape index (κ3) is 5.44. The van der Waals surface area contributed by atoms with Crippen LogP contribution in [0.4, 0.5) is 5.69 Å². The van der Waals surface area contributed by atoms with E-state index >= 15 is 0 Å². The van der Waals surface area contributed by atoms with Gasteiger partial charge in [-0.05, 0) is 61.3 Å². The summed E-state index contributed by atoms with van der Waals surface area (Å²) in [6.07, 6.45) is 0.951. The zero-order valence-electron chi connectivity index (χ0n) is 12.4. The van der Waals surface area contributed by atoms with E-state index in [1.807, 2.05) is 18.2 Å². The summed E-state index contributed by atoms with van der Waals surface area (Å²) in [5, 5.41) is 3.79. The summed E-state index contributed by atoms with van der Waals surface area (Å²) < 4.78 is 0. The van der Waals surface area contributed by atoms with Gasteiger partial charge in [-0.15, -0.1) is 0 Å². The van der Waals surface area contributed by atoms with Gasteiger partial charge in [-0.1, -0.05) is 36.4 Å². The van der Waals surface area contributed by atoms with Gasteiger partial charge in [-0.2, -0.15) is 0 Å². The highest BCUT2D eigenvalue weighted by molar-refractivity contribution is 7.80. The van der Waals surface area contributed by atoms with E-state index in [0.717, 1.165) is 18.7 Å². The SMILES string of the molecule is Cc1cc(C)cc(NNC(=S)NCCc2ccccc2)c1. The number of hydrogen-bond donors (Lipinski definition) is 3. The summed E-state index contributed by atoms with van der Waals surface area (Å²) in [7, 11) is 0. The Morgan fingerprint density at radius 2 is 1.67 bits per heavy atom. The molecular weight excluding hydrogens is 278 g/mol. The number of anilines is 1. The molecule has 0 saturated carbocycles. The summed E-state index contributed by atoms with van der Waals surface area (Å²) in [5.74, 6) is 0. The van der Waals surface area contributed by atoms with Crippen molar-refractivity contribution in [2.75, 3.05) is 12.0 Å². The summed E-state index contributed by atoms with van der Waals surface area (Å²) in [6.45, 7) is 4.97.